The van der Waals surface area contributed by atoms with Crippen molar-refractivity contribution in [2.75, 3.05) is 0 Å². The van der Waals surface area contributed by atoms with Gasteiger partial charge in [0.15, 0.2) is 0 Å². The Hall–Kier alpha value is -1.56. The third kappa shape index (κ3) is 1.51. The highest BCUT2D eigenvalue weighted by atomic mass is 35.5. The van der Waals surface area contributed by atoms with Crippen molar-refractivity contribution < 1.29 is 9.59 Å². The fourth-order valence-corrected chi connectivity index (χ4v) is 2.66. The van der Waals surface area contributed by atoms with Crippen LogP contribution in [0.25, 0.3) is 0 Å². The summed E-state index contributed by atoms with van der Waals surface area (Å²) in [5.74, 6) is -1.13. The Labute approximate surface area is 102 Å². The van der Waals surface area contributed by atoms with Gasteiger partial charge in [0.2, 0.25) is 18.1 Å². The van der Waals surface area contributed by atoms with Gasteiger partial charge in [-0.05, 0) is 12.8 Å². The number of azo groups is 1. The quantitative estimate of drug-likeness (QED) is 0.660. The number of nitrogens with zero attached hydrogens (tertiary/aromatic N) is 4. The van der Waals surface area contributed by atoms with Crippen LogP contribution >= 0.6 is 11.6 Å². The average Bonchev–Trinajstić information content (AvgIpc) is 2.88. The molecule has 6 nitrogen and oxygen atoms in total. The van der Waals surface area contributed by atoms with Crippen molar-refractivity contribution in [1.29, 1.82) is 0 Å². The Morgan fingerprint density at radius 1 is 1.29 bits per heavy atom. The summed E-state index contributed by atoms with van der Waals surface area (Å²) in [6, 6.07) is 0. The van der Waals surface area contributed by atoms with Crippen LogP contribution < -0.4 is 0 Å². The van der Waals surface area contributed by atoms with Gasteiger partial charge in [0.05, 0.1) is 11.8 Å². The van der Waals surface area contributed by atoms with Crippen LogP contribution in [0.15, 0.2) is 26.3 Å². The lowest BCUT2D eigenvalue weighted by Gasteiger charge is -2.17. The van der Waals surface area contributed by atoms with Crippen LogP contribution in [0.5, 0.6) is 0 Å². The molecule has 7 heteroatoms. The first-order valence-corrected chi connectivity index (χ1v) is 5.69. The summed E-state index contributed by atoms with van der Waals surface area (Å²) in [6.07, 6.45) is 3.19. The smallest absolute Gasteiger partial charge is 0.246 e. The molecule has 3 atom stereocenters. The maximum atomic E-state index is 12.1. The highest BCUT2D eigenvalue weighted by Crippen LogP contribution is 2.40. The minimum Gasteiger partial charge on any atom is -0.274 e. The number of fused-ring (bicyclic) bond motifs is 1. The van der Waals surface area contributed by atoms with Crippen LogP contribution in [0.1, 0.15) is 12.8 Å². The maximum Gasteiger partial charge on any atom is 0.246 e. The second-order valence-electron chi connectivity index (χ2n) is 4.19. The van der Waals surface area contributed by atoms with E-state index < -0.39 is 6.29 Å². The molecular formula is C10H9ClN4O2. The number of aliphatic imine (C=N–C) groups is 1. The number of amides is 2. The fourth-order valence-electron chi connectivity index (χ4n) is 2.41. The summed E-state index contributed by atoms with van der Waals surface area (Å²) in [7, 11) is 0. The summed E-state index contributed by atoms with van der Waals surface area (Å²) >= 11 is 5.91. The van der Waals surface area contributed by atoms with E-state index in [0.29, 0.717) is 17.9 Å². The largest absolute Gasteiger partial charge is 0.274 e. The third-order valence-electron chi connectivity index (χ3n) is 3.26. The van der Waals surface area contributed by atoms with Gasteiger partial charge in [0.1, 0.15) is 6.34 Å². The van der Waals surface area contributed by atoms with E-state index in [1.54, 1.807) is 6.08 Å². The SMILES string of the molecule is O=C1[C@@H]2CC=C(Cl)C[C@H]2C(=O)N1[C@@H]1N=CN=N1. The number of likely N-dealkylation sites (tertiary alicyclic amines) is 1. The van der Waals surface area contributed by atoms with Crippen LogP contribution in [-0.2, 0) is 9.59 Å². The molecule has 0 saturated carbocycles. The van der Waals surface area contributed by atoms with Crippen molar-refractivity contribution in [2.45, 2.75) is 19.1 Å². The molecule has 1 aliphatic carbocycles. The van der Waals surface area contributed by atoms with Gasteiger partial charge in [-0.15, -0.1) is 10.2 Å². The molecule has 0 spiro atoms. The minimum atomic E-state index is -0.806. The molecule has 88 valence electrons. The Morgan fingerprint density at radius 2 is 2.06 bits per heavy atom. The number of carbonyl (C=O) groups excluding carboxylic acids is 2. The van der Waals surface area contributed by atoms with Crippen molar-refractivity contribution in [3.05, 3.63) is 11.1 Å². The molecule has 17 heavy (non-hydrogen) atoms. The summed E-state index contributed by atoms with van der Waals surface area (Å²) in [5, 5.41) is 7.94. The molecule has 2 amide bonds. The average molecular weight is 253 g/mol. The summed E-state index contributed by atoms with van der Waals surface area (Å²) in [4.78, 5) is 29.2. The van der Waals surface area contributed by atoms with Crippen molar-refractivity contribution in [3.8, 4) is 0 Å². The van der Waals surface area contributed by atoms with E-state index in [0.717, 1.165) is 4.90 Å². The Kier molecular flexibility index (Phi) is 2.32. The zero-order chi connectivity index (χ0) is 12.0. The molecule has 0 bridgehead atoms. The number of allylic oxidation sites excluding steroid dienone is 2. The molecule has 0 N–H and O–H groups in total. The lowest BCUT2D eigenvalue weighted by Crippen LogP contribution is -2.37. The van der Waals surface area contributed by atoms with Gasteiger partial charge in [-0.3, -0.25) is 9.59 Å². The Morgan fingerprint density at radius 3 is 2.76 bits per heavy atom. The lowest BCUT2D eigenvalue weighted by molar-refractivity contribution is -0.142. The van der Waals surface area contributed by atoms with Crippen molar-refractivity contribution in [1.82, 2.24) is 4.90 Å². The number of carbonyl (C=O) groups is 2. The molecule has 3 rings (SSSR count). The number of rotatable bonds is 1. The molecular weight excluding hydrogens is 244 g/mol. The zero-order valence-electron chi connectivity index (χ0n) is 8.78. The number of hydrogen-bond donors (Lipinski definition) is 0. The standard InChI is InChI=1S/C10H9ClN4O2/c11-5-1-2-6-7(3-5)9(17)15(8(6)16)10-12-4-13-14-10/h1,4,6-7,10H,2-3H2/t6-,7-,10-/m1/s1. The monoisotopic (exact) mass is 252 g/mol. The van der Waals surface area contributed by atoms with Gasteiger partial charge in [0.25, 0.3) is 0 Å². The molecule has 1 saturated heterocycles. The maximum absolute atomic E-state index is 12.1. The van der Waals surface area contributed by atoms with Crippen molar-refractivity contribution in [3.63, 3.8) is 0 Å². The lowest BCUT2D eigenvalue weighted by atomic mass is 9.85. The summed E-state index contributed by atoms with van der Waals surface area (Å²) in [6.45, 7) is 0. The molecule has 2 heterocycles. The van der Waals surface area contributed by atoms with Crippen molar-refractivity contribution >= 4 is 29.8 Å². The number of halogens is 1. The summed E-state index contributed by atoms with van der Waals surface area (Å²) in [5.41, 5.74) is 0. The number of imide groups is 1. The molecule has 0 aromatic rings. The van der Waals surface area contributed by atoms with E-state index in [9.17, 15) is 9.59 Å². The summed E-state index contributed by atoms with van der Waals surface area (Å²) < 4.78 is 0. The molecule has 3 aliphatic rings. The predicted octanol–water partition coefficient (Wildman–Crippen LogP) is 1.28. The molecule has 0 unspecified atom stereocenters. The van der Waals surface area contributed by atoms with Crippen LogP contribution in [0.4, 0.5) is 0 Å². The van der Waals surface area contributed by atoms with Crippen LogP contribution in [0, 0.1) is 11.8 Å². The molecule has 0 radical (unpaired) electrons. The topological polar surface area (TPSA) is 74.5 Å². The van der Waals surface area contributed by atoms with Gasteiger partial charge in [-0.25, -0.2) is 9.89 Å². The van der Waals surface area contributed by atoms with Crippen molar-refractivity contribution in [2.24, 2.45) is 27.1 Å². The van der Waals surface area contributed by atoms with Gasteiger partial charge in [-0.1, -0.05) is 17.7 Å². The molecule has 1 fully saturated rings. The first-order chi connectivity index (χ1) is 8.18. The van der Waals surface area contributed by atoms with E-state index in [1.165, 1.54) is 6.34 Å². The molecule has 2 aliphatic heterocycles. The van der Waals surface area contributed by atoms with E-state index in [4.69, 9.17) is 11.6 Å². The fraction of sp³-hybridized carbons (Fsp3) is 0.500. The third-order valence-corrected chi connectivity index (χ3v) is 3.56. The van der Waals surface area contributed by atoms with E-state index in [2.05, 4.69) is 15.2 Å². The first-order valence-electron chi connectivity index (χ1n) is 5.31. The van der Waals surface area contributed by atoms with Crippen LogP contribution in [0.3, 0.4) is 0 Å². The van der Waals surface area contributed by atoms with E-state index in [-0.39, 0.29) is 23.7 Å². The van der Waals surface area contributed by atoms with E-state index in [1.807, 2.05) is 0 Å². The van der Waals surface area contributed by atoms with Gasteiger partial charge in [-0.2, -0.15) is 0 Å². The van der Waals surface area contributed by atoms with Gasteiger partial charge in [0, 0.05) is 5.03 Å². The van der Waals surface area contributed by atoms with Gasteiger partial charge < -0.3 is 0 Å². The van der Waals surface area contributed by atoms with Crippen LogP contribution in [0.2, 0.25) is 0 Å². The predicted molar refractivity (Wildman–Crippen MR) is 59.1 cm³/mol. The highest BCUT2D eigenvalue weighted by Gasteiger charge is 2.51. The Balaban J connectivity index is 1.90. The normalized spacial score (nSPS) is 35.5. The molecule has 0 aromatic carbocycles. The van der Waals surface area contributed by atoms with E-state index >= 15 is 0 Å². The molecule has 0 aromatic heterocycles. The highest BCUT2D eigenvalue weighted by molar-refractivity contribution is 6.30. The Bertz CT molecular complexity index is 473. The second kappa shape index (κ2) is 3.73. The zero-order valence-corrected chi connectivity index (χ0v) is 9.54. The first kappa shape index (κ1) is 10.6. The minimum absolute atomic E-state index is 0.219. The second-order valence-corrected chi connectivity index (χ2v) is 4.68. The number of hydrogen-bond acceptors (Lipinski definition) is 5. The van der Waals surface area contributed by atoms with Gasteiger partial charge >= 0.3 is 0 Å². The van der Waals surface area contributed by atoms with Crippen LogP contribution in [-0.4, -0.2) is 29.3 Å².